The molecule has 35 heavy (non-hydrogen) atoms. The number of Topliss-reactive ketones (excluding diaryl/α,β-unsaturated/α-hetero) is 1. The van der Waals surface area contributed by atoms with Crippen molar-refractivity contribution in [3.05, 3.63) is 29.6 Å². The van der Waals surface area contributed by atoms with E-state index in [9.17, 15) is 19.6 Å². The van der Waals surface area contributed by atoms with E-state index in [0.29, 0.717) is 35.5 Å². The largest absolute Gasteiger partial charge is 0.484 e. The third-order valence-electron chi connectivity index (χ3n) is 11.3. The van der Waals surface area contributed by atoms with Gasteiger partial charge in [0.05, 0.1) is 11.2 Å². The molecule has 6 rings (SSSR count). The van der Waals surface area contributed by atoms with Crippen LogP contribution in [0.1, 0.15) is 71.3 Å². The smallest absolute Gasteiger partial charge is 0.174 e. The fraction of sp³-hybridized carbons (Fsp3) is 0.733. The number of carbonyl (C=O) groups is 1. The maximum Gasteiger partial charge on any atom is 0.174 e. The van der Waals surface area contributed by atoms with Crippen molar-refractivity contribution in [1.29, 1.82) is 5.26 Å². The number of carbonyl (C=O) groups excluding carboxylic acids is 1. The zero-order valence-corrected chi connectivity index (χ0v) is 21.2. The van der Waals surface area contributed by atoms with Crippen molar-refractivity contribution in [1.82, 2.24) is 0 Å². The molecule has 1 aromatic rings. The minimum absolute atomic E-state index is 0.0178. The maximum absolute atomic E-state index is 13.7. The second-order valence-corrected chi connectivity index (χ2v) is 13.1. The fourth-order valence-corrected chi connectivity index (χ4v) is 10.0. The van der Waals surface area contributed by atoms with Crippen molar-refractivity contribution >= 4 is 5.78 Å². The van der Waals surface area contributed by atoms with Gasteiger partial charge in [0.15, 0.2) is 5.78 Å². The Hall–Kier alpha value is -1.93. The highest BCUT2D eigenvalue weighted by atomic mass is 19.1. The Bertz CT molecular complexity index is 1080. The molecule has 5 aliphatic carbocycles. The highest BCUT2D eigenvalue weighted by molar-refractivity contribution is 5.85. The first-order chi connectivity index (χ1) is 16.6. The standard InChI is InChI=1S/C30H38FNO3/c1-16-25-26(16)28(23(33)15-35-24-7-5-19(31)12-18(24)14-32)30(3)11-9-21-20-8-10-29(2,34)13-17(20)4-6-22(21)27(25)30/h5,7,12,16-17,20-22,25-28,34H,4,6,8-11,13,15H2,1-3H3/t16-,17+,20-,21+,22+,25+,26-,27+,28-,29+,30-/m0/s1. The first kappa shape index (κ1) is 23.5. The molecule has 5 fully saturated rings. The van der Waals surface area contributed by atoms with Crippen LogP contribution in [0.3, 0.4) is 0 Å². The summed E-state index contributed by atoms with van der Waals surface area (Å²) in [6.07, 6.45) is 7.82. The van der Waals surface area contributed by atoms with Gasteiger partial charge in [0, 0.05) is 5.92 Å². The molecule has 5 saturated carbocycles. The summed E-state index contributed by atoms with van der Waals surface area (Å²) in [5.74, 6) is 5.14. The first-order valence-corrected chi connectivity index (χ1v) is 13.7. The van der Waals surface area contributed by atoms with Gasteiger partial charge in [-0.25, -0.2) is 4.39 Å². The summed E-state index contributed by atoms with van der Waals surface area (Å²) in [7, 11) is 0. The highest BCUT2D eigenvalue weighted by Gasteiger charge is 2.74. The summed E-state index contributed by atoms with van der Waals surface area (Å²) in [5, 5.41) is 20.0. The molecular formula is C30H38FNO3. The molecule has 0 saturated heterocycles. The van der Waals surface area contributed by atoms with Gasteiger partial charge in [-0.15, -0.1) is 0 Å². The number of ketones is 1. The van der Waals surface area contributed by atoms with Crippen LogP contribution >= 0.6 is 0 Å². The summed E-state index contributed by atoms with van der Waals surface area (Å²) in [5.41, 5.74) is -0.333. The topological polar surface area (TPSA) is 70.3 Å². The molecule has 0 aliphatic heterocycles. The Kier molecular flexibility index (Phi) is 5.39. The molecule has 0 radical (unpaired) electrons. The lowest BCUT2D eigenvalue weighted by molar-refractivity contribution is -0.138. The van der Waals surface area contributed by atoms with Gasteiger partial charge in [-0.1, -0.05) is 13.8 Å². The van der Waals surface area contributed by atoms with Gasteiger partial charge in [-0.3, -0.25) is 4.79 Å². The molecule has 0 amide bonds. The molecule has 4 nitrogen and oxygen atoms in total. The van der Waals surface area contributed by atoms with Crippen LogP contribution in [-0.2, 0) is 4.79 Å². The van der Waals surface area contributed by atoms with Crippen LogP contribution in [0.15, 0.2) is 18.2 Å². The van der Waals surface area contributed by atoms with Crippen molar-refractivity contribution < 1.29 is 19.0 Å². The second kappa shape index (κ2) is 8.04. The minimum Gasteiger partial charge on any atom is -0.484 e. The third-order valence-corrected chi connectivity index (χ3v) is 11.3. The molecular weight excluding hydrogens is 441 g/mol. The number of nitriles is 1. The number of fused-ring (bicyclic) bond motifs is 7. The number of nitrogens with zero attached hydrogens (tertiary/aromatic N) is 1. The van der Waals surface area contributed by atoms with E-state index >= 15 is 0 Å². The van der Waals surface area contributed by atoms with Crippen LogP contribution in [0, 0.1) is 75.8 Å². The van der Waals surface area contributed by atoms with Crippen LogP contribution in [0.5, 0.6) is 5.75 Å². The molecule has 1 aromatic carbocycles. The van der Waals surface area contributed by atoms with E-state index in [1.165, 1.54) is 31.4 Å². The Morgan fingerprint density at radius 1 is 1.14 bits per heavy atom. The first-order valence-electron chi connectivity index (χ1n) is 13.7. The van der Waals surface area contributed by atoms with Crippen molar-refractivity contribution in [3.63, 3.8) is 0 Å². The average molecular weight is 480 g/mol. The van der Waals surface area contributed by atoms with Gasteiger partial charge in [0.1, 0.15) is 24.2 Å². The third kappa shape index (κ3) is 3.57. The number of aliphatic hydroxyl groups is 1. The van der Waals surface area contributed by atoms with E-state index in [2.05, 4.69) is 13.8 Å². The number of halogens is 1. The zero-order chi connectivity index (χ0) is 24.7. The van der Waals surface area contributed by atoms with Crippen molar-refractivity contribution in [2.24, 2.45) is 58.7 Å². The van der Waals surface area contributed by atoms with Gasteiger partial charge in [0.25, 0.3) is 0 Å². The quantitative estimate of drug-likeness (QED) is 0.595. The van der Waals surface area contributed by atoms with E-state index in [4.69, 9.17) is 4.74 Å². The lowest BCUT2D eigenvalue weighted by Crippen LogP contribution is -2.52. The zero-order valence-electron chi connectivity index (χ0n) is 21.2. The van der Waals surface area contributed by atoms with E-state index < -0.39 is 11.4 Å². The molecule has 5 heteroatoms. The molecule has 0 heterocycles. The van der Waals surface area contributed by atoms with Crippen LogP contribution in [0.25, 0.3) is 0 Å². The monoisotopic (exact) mass is 479 g/mol. The Morgan fingerprint density at radius 3 is 2.69 bits per heavy atom. The molecule has 188 valence electrons. The predicted octanol–water partition coefficient (Wildman–Crippen LogP) is 5.77. The summed E-state index contributed by atoms with van der Waals surface area (Å²) in [6, 6.07) is 5.86. The average Bonchev–Trinajstić information content (AvgIpc) is 3.34. The second-order valence-electron chi connectivity index (χ2n) is 13.1. The van der Waals surface area contributed by atoms with Crippen molar-refractivity contribution in [3.8, 4) is 11.8 Å². The van der Waals surface area contributed by atoms with E-state index in [1.54, 1.807) is 0 Å². The van der Waals surface area contributed by atoms with Crippen LogP contribution < -0.4 is 4.74 Å². The normalized spacial score (nSPS) is 47.5. The Morgan fingerprint density at radius 2 is 1.91 bits per heavy atom. The van der Waals surface area contributed by atoms with Gasteiger partial charge in [0.2, 0.25) is 0 Å². The van der Waals surface area contributed by atoms with E-state index in [-0.39, 0.29) is 35.0 Å². The lowest BCUT2D eigenvalue weighted by atomic mass is 9.47. The lowest BCUT2D eigenvalue weighted by Gasteiger charge is -2.58. The highest BCUT2D eigenvalue weighted by Crippen LogP contribution is 2.76. The Labute approximate surface area is 208 Å². The van der Waals surface area contributed by atoms with Crippen molar-refractivity contribution in [2.45, 2.75) is 71.3 Å². The number of ether oxygens (including phenoxy) is 1. The minimum atomic E-state index is -0.492. The van der Waals surface area contributed by atoms with Crippen LogP contribution in [-0.4, -0.2) is 23.1 Å². The number of hydrogen-bond acceptors (Lipinski definition) is 4. The van der Waals surface area contributed by atoms with Crippen LogP contribution in [0.4, 0.5) is 4.39 Å². The van der Waals surface area contributed by atoms with Crippen LogP contribution in [0.2, 0.25) is 0 Å². The van der Waals surface area contributed by atoms with Gasteiger partial charge in [-0.05, 0) is 123 Å². The molecule has 0 aromatic heterocycles. The Balaban J connectivity index is 1.21. The fourth-order valence-electron chi connectivity index (χ4n) is 10.0. The molecule has 0 spiro atoms. The number of rotatable bonds is 4. The van der Waals surface area contributed by atoms with Crippen molar-refractivity contribution in [2.75, 3.05) is 6.61 Å². The number of benzene rings is 1. The van der Waals surface area contributed by atoms with E-state index in [1.807, 2.05) is 13.0 Å². The van der Waals surface area contributed by atoms with E-state index in [0.717, 1.165) is 43.6 Å². The SMILES string of the molecule is C[C@H]1[C@@H]2[C@H]1[C@H](C(=O)COc1ccc(F)cc1C#N)[C@@]1(C)CC[C@H]3[C@@H](CC[C@@H]4C[C@](C)(O)CC[C@@H]43)[C@H]21. The van der Waals surface area contributed by atoms with Gasteiger partial charge in [-0.2, -0.15) is 5.26 Å². The molecule has 5 aliphatic rings. The van der Waals surface area contributed by atoms with Gasteiger partial charge >= 0.3 is 0 Å². The molecule has 0 unspecified atom stereocenters. The molecule has 0 bridgehead atoms. The molecule has 11 atom stereocenters. The summed E-state index contributed by atoms with van der Waals surface area (Å²) < 4.78 is 19.3. The number of hydrogen-bond donors (Lipinski definition) is 1. The summed E-state index contributed by atoms with van der Waals surface area (Å²) >= 11 is 0. The maximum atomic E-state index is 13.7. The molecule has 1 N–H and O–H groups in total. The summed E-state index contributed by atoms with van der Waals surface area (Å²) in [6.45, 7) is 6.68. The predicted molar refractivity (Wildman–Crippen MR) is 130 cm³/mol. The summed E-state index contributed by atoms with van der Waals surface area (Å²) in [4.78, 5) is 13.7. The van der Waals surface area contributed by atoms with Gasteiger partial charge < -0.3 is 9.84 Å².